The van der Waals surface area contributed by atoms with Crippen LogP contribution < -0.4 is 16.0 Å². The summed E-state index contributed by atoms with van der Waals surface area (Å²) in [6, 6.07) is 0.197. The van der Waals surface area contributed by atoms with Gasteiger partial charge in [0.2, 0.25) is 5.91 Å². The fraction of sp³-hybridized carbons (Fsp3) is 0.875. The maximum Gasteiger partial charge on any atom is 0.315 e. The van der Waals surface area contributed by atoms with Gasteiger partial charge in [0.05, 0.1) is 0 Å². The molecule has 0 saturated heterocycles. The molecule has 0 unspecified atom stereocenters. The van der Waals surface area contributed by atoms with E-state index >= 15 is 0 Å². The van der Waals surface area contributed by atoms with Crippen molar-refractivity contribution < 1.29 is 9.59 Å². The van der Waals surface area contributed by atoms with Gasteiger partial charge in [0.1, 0.15) is 0 Å². The molecule has 0 aromatic heterocycles. The van der Waals surface area contributed by atoms with E-state index in [2.05, 4.69) is 22.9 Å². The Morgan fingerprint density at radius 3 is 2.29 bits per heavy atom. The molecule has 120 valence electrons. The van der Waals surface area contributed by atoms with Crippen LogP contribution in [0, 0.1) is 11.8 Å². The van der Waals surface area contributed by atoms with E-state index in [0.717, 1.165) is 32.1 Å². The maximum atomic E-state index is 11.9. The fourth-order valence-corrected chi connectivity index (χ4v) is 3.45. The second kappa shape index (κ2) is 8.25. The first-order valence-electron chi connectivity index (χ1n) is 8.49. The van der Waals surface area contributed by atoms with Crippen molar-refractivity contribution >= 4 is 11.9 Å². The zero-order valence-electron chi connectivity index (χ0n) is 13.1. The van der Waals surface area contributed by atoms with Crippen LogP contribution >= 0.6 is 0 Å². The van der Waals surface area contributed by atoms with Gasteiger partial charge in [0.15, 0.2) is 0 Å². The average molecular weight is 295 g/mol. The van der Waals surface area contributed by atoms with E-state index in [1.165, 1.54) is 19.3 Å². The molecule has 21 heavy (non-hydrogen) atoms. The molecule has 2 fully saturated rings. The van der Waals surface area contributed by atoms with Crippen molar-refractivity contribution in [3.05, 3.63) is 0 Å². The molecular weight excluding hydrogens is 266 g/mol. The number of hydrogen-bond acceptors (Lipinski definition) is 2. The topological polar surface area (TPSA) is 70.2 Å². The van der Waals surface area contributed by atoms with Crippen LogP contribution in [0.4, 0.5) is 4.79 Å². The summed E-state index contributed by atoms with van der Waals surface area (Å²) < 4.78 is 0. The molecule has 5 heteroatoms. The molecule has 0 aromatic carbocycles. The standard InChI is InChI=1S/C16H29N3O2/c1-12-6-5-9-14(12)19-16(21)18-11-10-17-15(20)13-7-3-2-4-8-13/h12-14H,2-11H2,1H3,(H,17,20)(H2,18,19,21)/t12-,14-/m1/s1. The smallest absolute Gasteiger partial charge is 0.315 e. The molecule has 2 saturated carbocycles. The van der Waals surface area contributed by atoms with Crippen molar-refractivity contribution in [2.24, 2.45) is 11.8 Å². The quantitative estimate of drug-likeness (QED) is 0.680. The van der Waals surface area contributed by atoms with Crippen molar-refractivity contribution in [3.63, 3.8) is 0 Å². The van der Waals surface area contributed by atoms with Crippen LogP contribution in [-0.2, 0) is 4.79 Å². The lowest BCUT2D eigenvalue weighted by Gasteiger charge is -2.21. The predicted octanol–water partition coefficient (Wildman–Crippen LogP) is 2.17. The van der Waals surface area contributed by atoms with E-state index in [1.807, 2.05) is 0 Å². The highest BCUT2D eigenvalue weighted by molar-refractivity contribution is 5.78. The minimum absolute atomic E-state index is 0.110. The van der Waals surface area contributed by atoms with Gasteiger partial charge in [-0.3, -0.25) is 4.79 Å². The Labute approximate surface area is 127 Å². The number of rotatable bonds is 5. The highest BCUT2D eigenvalue weighted by Gasteiger charge is 2.24. The first kappa shape index (κ1) is 16.1. The van der Waals surface area contributed by atoms with Crippen LogP contribution in [-0.4, -0.2) is 31.1 Å². The highest BCUT2D eigenvalue weighted by atomic mass is 16.2. The monoisotopic (exact) mass is 295 g/mol. The second-order valence-electron chi connectivity index (χ2n) is 6.54. The molecule has 2 aliphatic carbocycles. The van der Waals surface area contributed by atoms with Crippen molar-refractivity contribution in [1.29, 1.82) is 0 Å². The third-order valence-corrected chi connectivity index (χ3v) is 4.86. The second-order valence-corrected chi connectivity index (χ2v) is 6.54. The Morgan fingerprint density at radius 2 is 1.62 bits per heavy atom. The van der Waals surface area contributed by atoms with Crippen LogP contribution in [0.5, 0.6) is 0 Å². The Bertz CT molecular complexity index is 353. The summed E-state index contributed by atoms with van der Waals surface area (Å²) in [4.78, 5) is 23.7. The van der Waals surface area contributed by atoms with Gasteiger partial charge < -0.3 is 16.0 Å². The van der Waals surface area contributed by atoms with Crippen molar-refractivity contribution in [2.45, 2.75) is 64.3 Å². The average Bonchev–Trinajstić information content (AvgIpc) is 2.89. The minimum atomic E-state index is -0.110. The van der Waals surface area contributed by atoms with Gasteiger partial charge in [0.25, 0.3) is 0 Å². The third kappa shape index (κ3) is 5.21. The highest BCUT2D eigenvalue weighted by Crippen LogP contribution is 2.24. The number of amides is 3. The molecular formula is C16H29N3O2. The lowest BCUT2D eigenvalue weighted by Crippen LogP contribution is -2.45. The Morgan fingerprint density at radius 1 is 0.905 bits per heavy atom. The summed E-state index contributed by atoms with van der Waals surface area (Å²) in [6.45, 7) is 3.19. The largest absolute Gasteiger partial charge is 0.354 e. The Balaban J connectivity index is 1.54. The summed E-state index contributed by atoms with van der Waals surface area (Å²) in [7, 11) is 0. The number of nitrogens with one attached hydrogen (secondary N) is 3. The van der Waals surface area contributed by atoms with Gasteiger partial charge in [-0.1, -0.05) is 32.6 Å². The van der Waals surface area contributed by atoms with E-state index in [9.17, 15) is 9.59 Å². The fourth-order valence-electron chi connectivity index (χ4n) is 3.45. The van der Waals surface area contributed by atoms with Crippen molar-refractivity contribution in [3.8, 4) is 0 Å². The summed E-state index contributed by atoms with van der Waals surface area (Å²) in [5.41, 5.74) is 0. The third-order valence-electron chi connectivity index (χ3n) is 4.86. The molecule has 3 N–H and O–H groups in total. The number of urea groups is 1. The van der Waals surface area contributed by atoms with Gasteiger partial charge >= 0.3 is 6.03 Å². The van der Waals surface area contributed by atoms with Gasteiger partial charge in [-0.25, -0.2) is 4.79 Å². The number of hydrogen-bond donors (Lipinski definition) is 3. The van der Waals surface area contributed by atoms with Crippen LogP contribution in [0.25, 0.3) is 0 Å². The predicted molar refractivity (Wildman–Crippen MR) is 82.9 cm³/mol. The molecule has 0 spiro atoms. The van der Waals surface area contributed by atoms with E-state index < -0.39 is 0 Å². The zero-order valence-corrected chi connectivity index (χ0v) is 13.1. The maximum absolute atomic E-state index is 11.9. The molecule has 5 nitrogen and oxygen atoms in total. The molecule has 0 aliphatic heterocycles. The molecule has 0 heterocycles. The number of carbonyl (C=O) groups excluding carboxylic acids is 2. The van der Waals surface area contributed by atoms with Gasteiger partial charge in [-0.2, -0.15) is 0 Å². The molecule has 2 rings (SSSR count). The minimum Gasteiger partial charge on any atom is -0.354 e. The van der Waals surface area contributed by atoms with Crippen molar-refractivity contribution in [2.75, 3.05) is 13.1 Å². The van der Waals surface area contributed by atoms with Gasteiger partial charge in [0, 0.05) is 25.0 Å². The first-order chi connectivity index (χ1) is 10.2. The molecule has 0 radical (unpaired) electrons. The van der Waals surface area contributed by atoms with Crippen LogP contribution in [0.15, 0.2) is 0 Å². The Kier molecular flexibility index (Phi) is 6.33. The number of carbonyl (C=O) groups is 2. The van der Waals surface area contributed by atoms with Gasteiger partial charge in [-0.15, -0.1) is 0 Å². The molecule has 2 atom stereocenters. The molecule has 3 amide bonds. The summed E-state index contributed by atoms with van der Waals surface area (Å²) >= 11 is 0. The zero-order chi connectivity index (χ0) is 15.1. The van der Waals surface area contributed by atoms with E-state index in [1.54, 1.807) is 0 Å². The first-order valence-corrected chi connectivity index (χ1v) is 8.49. The normalized spacial score (nSPS) is 26.3. The summed E-state index contributed by atoms with van der Waals surface area (Å²) in [5, 5.41) is 8.77. The van der Waals surface area contributed by atoms with Gasteiger partial charge in [-0.05, 0) is 31.6 Å². The van der Waals surface area contributed by atoms with E-state index in [0.29, 0.717) is 25.0 Å². The van der Waals surface area contributed by atoms with E-state index in [4.69, 9.17) is 0 Å². The SMILES string of the molecule is C[C@@H]1CCC[C@H]1NC(=O)NCCNC(=O)C1CCCCC1. The lowest BCUT2D eigenvalue weighted by molar-refractivity contribution is -0.125. The lowest BCUT2D eigenvalue weighted by atomic mass is 9.89. The summed E-state index contributed by atoms with van der Waals surface area (Å²) in [6.07, 6.45) is 9.08. The molecule has 0 aromatic rings. The Hall–Kier alpha value is -1.26. The van der Waals surface area contributed by atoms with Crippen LogP contribution in [0.3, 0.4) is 0 Å². The molecule has 2 aliphatic rings. The van der Waals surface area contributed by atoms with Crippen LogP contribution in [0.2, 0.25) is 0 Å². The van der Waals surface area contributed by atoms with Crippen molar-refractivity contribution in [1.82, 2.24) is 16.0 Å². The van der Waals surface area contributed by atoms with E-state index in [-0.39, 0.29) is 17.9 Å². The molecule has 0 bridgehead atoms. The summed E-state index contributed by atoms with van der Waals surface area (Å²) in [5.74, 6) is 0.912. The van der Waals surface area contributed by atoms with Crippen LogP contribution in [0.1, 0.15) is 58.3 Å².